The van der Waals surface area contributed by atoms with Crippen molar-refractivity contribution in [2.45, 2.75) is 70.9 Å². The Morgan fingerprint density at radius 1 is 1.25 bits per heavy atom. The highest BCUT2D eigenvalue weighted by atomic mass is 16.6. The first kappa shape index (κ1) is 19.8. The van der Waals surface area contributed by atoms with Gasteiger partial charge < -0.3 is 14.5 Å². The van der Waals surface area contributed by atoms with Crippen LogP contribution in [0, 0.1) is 11.3 Å². The van der Waals surface area contributed by atoms with E-state index in [-0.39, 0.29) is 17.6 Å². The van der Waals surface area contributed by atoms with Crippen LogP contribution in [0.1, 0.15) is 64.9 Å². The van der Waals surface area contributed by atoms with Gasteiger partial charge in [0.15, 0.2) is 0 Å². The van der Waals surface area contributed by atoms with Crippen LogP contribution in [0.3, 0.4) is 0 Å². The van der Waals surface area contributed by atoms with Crippen LogP contribution in [0.2, 0.25) is 0 Å². The highest BCUT2D eigenvalue weighted by molar-refractivity contribution is 5.69. The van der Waals surface area contributed by atoms with E-state index in [0.29, 0.717) is 5.92 Å². The molecule has 0 spiro atoms. The van der Waals surface area contributed by atoms with Crippen molar-refractivity contribution in [3.63, 3.8) is 0 Å². The Morgan fingerprint density at radius 3 is 2.54 bits per heavy atom. The molecule has 3 atom stereocenters. The molecule has 4 nitrogen and oxygen atoms in total. The molecular formula is C24H36N2O2. The lowest BCUT2D eigenvalue weighted by atomic mass is 10.1. The second-order valence-electron chi connectivity index (χ2n) is 10.6. The largest absolute Gasteiger partial charge is 0.444 e. The lowest BCUT2D eigenvalue weighted by Gasteiger charge is -2.32. The van der Waals surface area contributed by atoms with Gasteiger partial charge in [-0.05, 0) is 64.5 Å². The van der Waals surface area contributed by atoms with Crippen LogP contribution in [-0.2, 0) is 4.74 Å². The molecule has 2 aliphatic carbocycles. The molecule has 2 saturated carbocycles. The van der Waals surface area contributed by atoms with E-state index >= 15 is 0 Å². The number of hydrogen-bond acceptors (Lipinski definition) is 3. The van der Waals surface area contributed by atoms with E-state index in [1.165, 1.54) is 37.9 Å². The van der Waals surface area contributed by atoms with Gasteiger partial charge in [-0.1, -0.05) is 37.3 Å². The number of likely N-dealkylation sites (tertiary alicyclic amines) is 1. The topological polar surface area (TPSA) is 32.8 Å². The summed E-state index contributed by atoms with van der Waals surface area (Å²) in [5.74, 6) is 1.26. The molecule has 1 heterocycles. The predicted octanol–water partition coefficient (Wildman–Crippen LogP) is 4.90. The first-order valence-electron chi connectivity index (χ1n) is 11.0. The molecule has 0 N–H and O–H groups in total. The summed E-state index contributed by atoms with van der Waals surface area (Å²) in [5.41, 5.74) is 1.18. The fourth-order valence-corrected chi connectivity index (χ4v) is 4.77. The van der Waals surface area contributed by atoms with Crippen molar-refractivity contribution in [1.29, 1.82) is 0 Å². The van der Waals surface area contributed by atoms with Gasteiger partial charge in [-0.25, -0.2) is 4.79 Å². The molecule has 0 aromatic heterocycles. The molecular weight excluding hydrogens is 348 g/mol. The van der Waals surface area contributed by atoms with Crippen molar-refractivity contribution in [2.75, 3.05) is 26.2 Å². The summed E-state index contributed by atoms with van der Waals surface area (Å²) in [7, 11) is 0. The van der Waals surface area contributed by atoms with Gasteiger partial charge in [-0.15, -0.1) is 0 Å². The first-order valence-corrected chi connectivity index (χ1v) is 11.0. The lowest BCUT2D eigenvalue weighted by Crippen LogP contribution is -2.44. The number of hydrogen-bond donors (Lipinski definition) is 0. The van der Waals surface area contributed by atoms with E-state index in [2.05, 4.69) is 47.1 Å². The van der Waals surface area contributed by atoms with Crippen LogP contribution in [0.5, 0.6) is 0 Å². The number of benzene rings is 1. The molecule has 1 aromatic carbocycles. The molecule has 4 rings (SSSR count). The maximum Gasteiger partial charge on any atom is 0.410 e. The Bertz CT molecular complexity index is 692. The summed E-state index contributed by atoms with van der Waals surface area (Å²) in [6, 6.07) is 10.9. The third-order valence-electron chi connectivity index (χ3n) is 6.54. The zero-order valence-corrected chi connectivity index (χ0v) is 18.0. The van der Waals surface area contributed by atoms with Crippen LogP contribution in [-0.4, -0.2) is 53.7 Å². The monoisotopic (exact) mass is 384 g/mol. The predicted molar refractivity (Wildman–Crippen MR) is 112 cm³/mol. The van der Waals surface area contributed by atoms with E-state index < -0.39 is 5.60 Å². The fourth-order valence-electron chi connectivity index (χ4n) is 4.77. The van der Waals surface area contributed by atoms with E-state index in [9.17, 15) is 4.79 Å². The van der Waals surface area contributed by atoms with Crippen molar-refractivity contribution in [2.24, 2.45) is 11.3 Å². The van der Waals surface area contributed by atoms with Gasteiger partial charge >= 0.3 is 6.09 Å². The van der Waals surface area contributed by atoms with Gasteiger partial charge in [-0.2, -0.15) is 0 Å². The average molecular weight is 385 g/mol. The van der Waals surface area contributed by atoms with E-state index in [0.717, 1.165) is 25.4 Å². The SMILES string of the molecule is CC1CCN(CC2(CN(C(=O)OC(C)(C)C)C3CC3c3ccccc3)CC2)C1. The standard InChI is InChI=1S/C24H36N2O2/c1-18-10-13-25(15-18)16-24(11-12-24)17-26(22(27)28-23(2,3)4)21-14-20(21)19-8-6-5-7-9-19/h5-9,18,20-21H,10-17H2,1-4H3. The summed E-state index contributed by atoms with van der Waals surface area (Å²) in [5, 5.41) is 0. The number of carbonyl (C=O) groups excluding carboxylic acids is 1. The highest BCUT2D eigenvalue weighted by Crippen LogP contribution is 2.52. The minimum atomic E-state index is -0.451. The van der Waals surface area contributed by atoms with E-state index in [1.807, 2.05) is 20.8 Å². The molecule has 1 saturated heterocycles. The number of carbonyl (C=O) groups is 1. The lowest BCUT2D eigenvalue weighted by molar-refractivity contribution is 0.0174. The Hall–Kier alpha value is -1.55. The average Bonchev–Trinajstić information content (AvgIpc) is 3.52. The molecule has 3 aliphatic rings. The van der Waals surface area contributed by atoms with Crippen LogP contribution < -0.4 is 0 Å². The second-order valence-corrected chi connectivity index (χ2v) is 10.6. The minimum absolute atomic E-state index is 0.128. The highest BCUT2D eigenvalue weighted by Gasteiger charge is 2.52. The number of rotatable bonds is 6. The van der Waals surface area contributed by atoms with Gasteiger partial charge in [0, 0.05) is 37.0 Å². The Morgan fingerprint density at radius 2 is 1.96 bits per heavy atom. The molecule has 0 bridgehead atoms. The van der Waals surface area contributed by atoms with Crippen molar-refractivity contribution < 1.29 is 9.53 Å². The van der Waals surface area contributed by atoms with Crippen LogP contribution in [0.15, 0.2) is 30.3 Å². The zero-order valence-electron chi connectivity index (χ0n) is 18.0. The summed E-state index contributed by atoms with van der Waals surface area (Å²) in [6.07, 6.45) is 4.71. The van der Waals surface area contributed by atoms with Crippen LogP contribution in [0.25, 0.3) is 0 Å². The number of nitrogens with zero attached hydrogens (tertiary/aromatic N) is 2. The second kappa shape index (κ2) is 7.37. The number of ether oxygens (including phenoxy) is 1. The summed E-state index contributed by atoms with van der Waals surface area (Å²) in [6.45, 7) is 12.6. The minimum Gasteiger partial charge on any atom is -0.444 e. The van der Waals surface area contributed by atoms with E-state index in [4.69, 9.17) is 4.74 Å². The van der Waals surface area contributed by atoms with Crippen molar-refractivity contribution in [3.8, 4) is 0 Å². The molecule has 1 aliphatic heterocycles. The Labute approximate surface area is 170 Å². The normalized spacial score (nSPS) is 28.8. The summed E-state index contributed by atoms with van der Waals surface area (Å²) < 4.78 is 5.82. The number of amides is 1. The van der Waals surface area contributed by atoms with Crippen molar-refractivity contribution in [1.82, 2.24) is 9.80 Å². The summed E-state index contributed by atoms with van der Waals surface area (Å²) in [4.78, 5) is 17.8. The summed E-state index contributed by atoms with van der Waals surface area (Å²) >= 11 is 0. The molecule has 1 amide bonds. The van der Waals surface area contributed by atoms with Crippen LogP contribution >= 0.6 is 0 Å². The first-order chi connectivity index (χ1) is 13.2. The molecule has 3 unspecified atom stereocenters. The third-order valence-corrected chi connectivity index (χ3v) is 6.54. The molecule has 154 valence electrons. The maximum atomic E-state index is 13.1. The fraction of sp³-hybridized carbons (Fsp3) is 0.708. The van der Waals surface area contributed by atoms with Crippen molar-refractivity contribution in [3.05, 3.63) is 35.9 Å². The molecule has 28 heavy (non-hydrogen) atoms. The van der Waals surface area contributed by atoms with Gasteiger partial charge in [0.25, 0.3) is 0 Å². The van der Waals surface area contributed by atoms with Crippen molar-refractivity contribution >= 4 is 6.09 Å². The Balaban J connectivity index is 1.45. The van der Waals surface area contributed by atoms with Gasteiger partial charge in [0.05, 0.1) is 0 Å². The Kier molecular flexibility index (Phi) is 5.20. The smallest absolute Gasteiger partial charge is 0.410 e. The maximum absolute atomic E-state index is 13.1. The molecule has 4 heteroatoms. The quantitative estimate of drug-likeness (QED) is 0.699. The van der Waals surface area contributed by atoms with Gasteiger partial charge in [-0.3, -0.25) is 0 Å². The molecule has 1 aromatic rings. The van der Waals surface area contributed by atoms with Crippen LogP contribution in [0.4, 0.5) is 4.79 Å². The van der Waals surface area contributed by atoms with E-state index in [1.54, 1.807) is 0 Å². The molecule has 0 radical (unpaired) electrons. The molecule has 3 fully saturated rings. The zero-order chi connectivity index (χ0) is 19.9. The van der Waals surface area contributed by atoms with Gasteiger partial charge in [0.1, 0.15) is 5.60 Å². The van der Waals surface area contributed by atoms with Gasteiger partial charge in [0.2, 0.25) is 0 Å². The third kappa shape index (κ3) is 4.71.